The van der Waals surface area contributed by atoms with Crippen molar-refractivity contribution in [3.05, 3.63) is 71.1 Å². The van der Waals surface area contributed by atoms with Gasteiger partial charge in [0.1, 0.15) is 11.5 Å². The van der Waals surface area contributed by atoms with Gasteiger partial charge in [0, 0.05) is 46.9 Å². The van der Waals surface area contributed by atoms with E-state index in [1.54, 1.807) is 26.6 Å². The molecule has 152 valence electrons. The molecule has 0 saturated carbocycles. The Bertz CT molecular complexity index is 1210. The van der Waals surface area contributed by atoms with Crippen molar-refractivity contribution in [3.8, 4) is 22.6 Å². The molecule has 0 radical (unpaired) electrons. The second kappa shape index (κ2) is 8.55. The van der Waals surface area contributed by atoms with Gasteiger partial charge in [-0.15, -0.1) is 5.10 Å². The van der Waals surface area contributed by atoms with E-state index in [0.29, 0.717) is 17.4 Å². The molecule has 0 bridgehead atoms. The zero-order valence-corrected chi connectivity index (χ0v) is 17.7. The summed E-state index contributed by atoms with van der Waals surface area (Å²) in [5, 5.41) is 14.7. The molecule has 0 saturated heterocycles. The van der Waals surface area contributed by atoms with E-state index < -0.39 is 0 Å². The van der Waals surface area contributed by atoms with Crippen LogP contribution in [-0.4, -0.2) is 29.4 Å². The third-order valence-corrected chi connectivity index (χ3v) is 5.15. The van der Waals surface area contributed by atoms with Crippen molar-refractivity contribution >= 4 is 28.2 Å². The Labute approximate surface area is 179 Å². The maximum atomic E-state index is 6.10. The van der Waals surface area contributed by atoms with Crippen LogP contribution in [0.4, 0.5) is 5.82 Å². The highest BCUT2D eigenvalue weighted by Crippen LogP contribution is 2.30. The first-order valence-electron chi connectivity index (χ1n) is 9.42. The number of benzene rings is 2. The van der Waals surface area contributed by atoms with Crippen molar-refractivity contribution in [1.82, 2.24) is 15.2 Å². The lowest BCUT2D eigenvalue weighted by Gasteiger charge is -2.13. The van der Waals surface area contributed by atoms with Crippen LogP contribution in [0.3, 0.4) is 0 Å². The molecule has 2 heterocycles. The lowest BCUT2D eigenvalue weighted by atomic mass is 10.0. The zero-order valence-electron chi connectivity index (χ0n) is 16.9. The lowest BCUT2D eigenvalue weighted by molar-refractivity contribution is 0.391. The number of nitrogens with zero attached hydrogens (tertiary/aromatic N) is 3. The minimum atomic E-state index is 0.542. The number of halogens is 1. The Balaban J connectivity index is 1.66. The van der Waals surface area contributed by atoms with Gasteiger partial charge in [-0.1, -0.05) is 17.7 Å². The summed E-state index contributed by atoms with van der Waals surface area (Å²) in [5.74, 6) is 2.21. The second-order valence-corrected chi connectivity index (χ2v) is 7.25. The summed E-state index contributed by atoms with van der Waals surface area (Å²) < 4.78 is 10.7. The van der Waals surface area contributed by atoms with E-state index >= 15 is 0 Å². The molecular formula is C23H21ClN4O2. The zero-order chi connectivity index (χ0) is 21.1. The SMILES string of the molecule is COc1ccc(CNc2nnc(C)c3cc(-c4cncc(Cl)c4)ccc23)c(OC)c1. The van der Waals surface area contributed by atoms with E-state index in [0.717, 1.165) is 44.7 Å². The largest absolute Gasteiger partial charge is 0.497 e. The van der Waals surface area contributed by atoms with Gasteiger partial charge < -0.3 is 14.8 Å². The van der Waals surface area contributed by atoms with Gasteiger partial charge in [-0.25, -0.2) is 0 Å². The van der Waals surface area contributed by atoms with Crippen molar-refractivity contribution in [2.75, 3.05) is 19.5 Å². The lowest BCUT2D eigenvalue weighted by Crippen LogP contribution is -2.05. The molecule has 0 atom stereocenters. The van der Waals surface area contributed by atoms with Gasteiger partial charge in [0.15, 0.2) is 5.82 Å². The van der Waals surface area contributed by atoms with E-state index in [2.05, 4.69) is 26.6 Å². The molecule has 4 aromatic rings. The number of rotatable bonds is 6. The van der Waals surface area contributed by atoms with Gasteiger partial charge in [0.25, 0.3) is 0 Å². The van der Waals surface area contributed by atoms with E-state index in [9.17, 15) is 0 Å². The van der Waals surface area contributed by atoms with Gasteiger partial charge >= 0.3 is 0 Å². The molecule has 0 unspecified atom stereocenters. The molecule has 2 aromatic heterocycles. The maximum Gasteiger partial charge on any atom is 0.156 e. The van der Waals surface area contributed by atoms with Crippen LogP contribution in [0.5, 0.6) is 11.5 Å². The standard InChI is InChI=1S/C23H21ClN4O2/c1-14-21-9-15(17-8-18(24)13-25-11-17)5-7-20(21)23(28-27-14)26-12-16-4-6-19(29-2)10-22(16)30-3/h4-11,13H,12H2,1-3H3,(H,26,28). The fourth-order valence-corrected chi connectivity index (χ4v) is 3.51. The number of fused-ring (bicyclic) bond motifs is 1. The number of aromatic nitrogens is 3. The van der Waals surface area contributed by atoms with Crippen LogP contribution in [0.15, 0.2) is 54.9 Å². The molecule has 0 aliphatic heterocycles. The number of hydrogen-bond acceptors (Lipinski definition) is 6. The Morgan fingerprint density at radius 2 is 1.77 bits per heavy atom. The van der Waals surface area contributed by atoms with Crippen molar-refractivity contribution in [3.63, 3.8) is 0 Å². The molecule has 30 heavy (non-hydrogen) atoms. The van der Waals surface area contributed by atoms with E-state index in [1.807, 2.05) is 43.3 Å². The van der Waals surface area contributed by atoms with Crippen LogP contribution in [-0.2, 0) is 6.54 Å². The molecule has 7 heteroatoms. The van der Waals surface area contributed by atoms with E-state index in [4.69, 9.17) is 21.1 Å². The molecule has 0 fully saturated rings. The summed E-state index contributed by atoms with van der Waals surface area (Å²) in [6.07, 6.45) is 3.42. The van der Waals surface area contributed by atoms with Crippen LogP contribution in [0, 0.1) is 6.92 Å². The highest BCUT2D eigenvalue weighted by atomic mass is 35.5. The predicted molar refractivity (Wildman–Crippen MR) is 119 cm³/mol. The molecule has 1 N–H and O–H groups in total. The van der Waals surface area contributed by atoms with Crippen molar-refractivity contribution in [1.29, 1.82) is 0 Å². The third kappa shape index (κ3) is 4.00. The summed E-state index contributed by atoms with van der Waals surface area (Å²) in [4.78, 5) is 4.18. The van der Waals surface area contributed by atoms with Crippen LogP contribution in [0.2, 0.25) is 5.02 Å². The highest BCUT2D eigenvalue weighted by molar-refractivity contribution is 6.30. The number of aryl methyl sites for hydroxylation is 1. The minimum Gasteiger partial charge on any atom is -0.497 e. The normalized spacial score (nSPS) is 10.8. The summed E-state index contributed by atoms with van der Waals surface area (Å²) in [5.41, 5.74) is 3.83. The number of hydrogen-bond donors (Lipinski definition) is 1. The van der Waals surface area contributed by atoms with E-state index in [1.165, 1.54) is 0 Å². The third-order valence-electron chi connectivity index (χ3n) is 4.94. The number of nitrogens with one attached hydrogen (secondary N) is 1. The van der Waals surface area contributed by atoms with Crippen LogP contribution >= 0.6 is 11.6 Å². The Kier molecular flexibility index (Phi) is 5.68. The number of methoxy groups -OCH3 is 2. The monoisotopic (exact) mass is 420 g/mol. The van der Waals surface area contributed by atoms with Crippen LogP contribution < -0.4 is 14.8 Å². The minimum absolute atomic E-state index is 0.542. The van der Waals surface area contributed by atoms with E-state index in [-0.39, 0.29) is 0 Å². The molecule has 4 rings (SSSR count). The molecule has 0 aliphatic rings. The summed E-state index contributed by atoms with van der Waals surface area (Å²) in [6.45, 7) is 2.49. The van der Waals surface area contributed by atoms with Crippen molar-refractivity contribution in [2.24, 2.45) is 0 Å². The molecule has 0 aliphatic carbocycles. The Hall–Kier alpha value is -3.38. The van der Waals surface area contributed by atoms with Crippen LogP contribution in [0.25, 0.3) is 21.9 Å². The van der Waals surface area contributed by atoms with Crippen LogP contribution in [0.1, 0.15) is 11.3 Å². The average molecular weight is 421 g/mol. The first kappa shape index (κ1) is 19.9. The van der Waals surface area contributed by atoms with Gasteiger partial charge in [-0.2, -0.15) is 5.10 Å². The van der Waals surface area contributed by atoms with Gasteiger partial charge in [0.05, 0.1) is 24.9 Å². The summed E-state index contributed by atoms with van der Waals surface area (Å²) >= 11 is 6.10. The van der Waals surface area contributed by atoms with Gasteiger partial charge in [0.2, 0.25) is 0 Å². The first-order valence-corrected chi connectivity index (χ1v) is 9.79. The fraction of sp³-hybridized carbons (Fsp3) is 0.174. The van der Waals surface area contributed by atoms with Gasteiger partial charge in [-0.3, -0.25) is 4.98 Å². The quantitative estimate of drug-likeness (QED) is 0.457. The fourth-order valence-electron chi connectivity index (χ4n) is 3.34. The highest BCUT2D eigenvalue weighted by Gasteiger charge is 2.11. The molecular weight excluding hydrogens is 400 g/mol. The first-order chi connectivity index (χ1) is 14.6. The molecule has 0 spiro atoms. The molecule has 6 nitrogen and oxygen atoms in total. The van der Waals surface area contributed by atoms with Gasteiger partial charge in [-0.05, 0) is 42.8 Å². The summed E-state index contributed by atoms with van der Waals surface area (Å²) in [6, 6.07) is 13.8. The van der Waals surface area contributed by atoms with Crippen molar-refractivity contribution < 1.29 is 9.47 Å². The predicted octanol–water partition coefficient (Wildman–Crippen LogP) is 5.28. The topological polar surface area (TPSA) is 69.2 Å². The number of ether oxygens (including phenoxy) is 2. The smallest absolute Gasteiger partial charge is 0.156 e. The maximum absolute atomic E-state index is 6.10. The molecule has 0 amide bonds. The average Bonchev–Trinajstić information content (AvgIpc) is 2.78. The van der Waals surface area contributed by atoms with Crippen molar-refractivity contribution in [2.45, 2.75) is 13.5 Å². The summed E-state index contributed by atoms with van der Waals surface area (Å²) in [7, 11) is 3.28. The molecule has 2 aromatic carbocycles. The Morgan fingerprint density at radius 1 is 0.900 bits per heavy atom. The number of anilines is 1. The second-order valence-electron chi connectivity index (χ2n) is 6.82. The number of pyridine rings is 1. The Morgan fingerprint density at radius 3 is 2.53 bits per heavy atom.